The van der Waals surface area contributed by atoms with E-state index >= 15 is 0 Å². The fourth-order valence-electron chi connectivity index (χ4n) is 2.06. The highest BCUT2D eigenvalue weighted by atomic mass is 35.5. The topological polar surface area (TPSA) is 84.5 Å². The first-order chi connectivity index (χ1) is 8.69. The van der Waals surface area contributed by atoms with Crippen LogP contribution in [-0.2, 0) is 4.74 Å². The van der Waals surface area contributed by atoms with Crippen LogP contribution in [0.2, 0.25) is 5.15 Å². The van der Waals surface area contributed by atoms with Crippen molar-refractivity contribution in [3.05, 3.63) is 11.2 Å². The molecular formula is C11H17ClN4O2. The summed E-state index contributed by atoms with van der Waals surface area (Å²) in [6, 6.07) is 1.72. The molecule has 1 aliphatic heterocycles. The molecule has 100 valence electrons. The molecule has 1 aliphatic rings. The van der Waals surface area contributed by atoms with Crippen molar-refractivity contribution in [3.8, 4) is 0 Å². The highest BCUT2D eigenvalue weighted by molar-refractivity contribution is 6.29. The standard InChI is InChI=1S/C11H17ClN4O2/c12-9-7-10(15-11(13)14-9)16-3-1-8(2-4-16)18-6-5-17/h7-8,17H,1-6H2,(H2,13,14,15). The molecule has 7 heteroatoms. The predicted octanol–water partition coefficient (Wildman–Crippen LogP) is 0.690. The van der Waals surface area contributed by atoms with Crippen LogP contribution < -0.4 is 10.6 Å². The highest BCUT2D eigenvalue weighted by Crippen LogP contribution is 2.22. The Morgan fingerprint density at radius 1 is 1.44 bits per heavy atom. The zero-order chi connectivity index (χ0) is 13.0. The van der Waals surface area contributed by atoms with Gasteiger partial charge in [0.2, 0.25) is 5.95 Å². The minimum absolute atomic E-state index is 0.0677. The normalized spacial score (nSPS) is 17.1. The third kappa shape index (κ3) is 3.44. The maximum absolute atomic E-state index is 8.71. The fraction of sp³-hybridized carbons (Fsp3) is 0.636. The van der Waals surface area contributed by atoms with Crippen LogP contribution in [0.15, 0.2) is 6.07 Å². The Balaban J connectivity index is 1.92. The molecule has 0 amide bonds. The van der Waals surface area contributed by atoms with Gasteiger partial charge in [0.15, 0.2) is 0 Å². The molecule has 1 fully saturated rings. The van der Waals surface area contributed by atoms with Crippen molar-refractivity contribution in [2.24, 2.45) is 0 Å². The predicted molar refractivity (Wildman–Crippen MR) is 69.7 cm³/mol. The van der Waals surface area contributed by atoms with Gasteiger partial charge in [0.25, 0.3) is 0 Å². The van der Waals surface area contributed by atoms with Crippen molar-refractivity contribution in [2.75, 3.05) is 36.9 Å². The van der Waals surface area contributed by atoms with E-state index in [-0.39, 0.29) is 18.7 Å². The Morgan fingerprint density at radius 2 is 2.17 bits per heavy atom. The van der Waals surface area contributed by atoms with Crippen LogP contribution in [0.3, 0.4) is 0 Å². The number of hydrogen-bond acceptors (Lipinski definition) is 6. The number of halogens is 1. The Morgan fingerprint density at radius 3 is 2.78 bits per heavy atom. The lowest BCUT2D eigenvalue weighted by Gasteiger charge is -2.32. The van der Waals surface area contributed by atoms with Crippen molar-refractivity contribution in [1.29, 1.82) is 0 Å². The number of aliphatic hydroxyl groups excluding tert-OH is 1. The molecule has 0 unspecified atom stereocenters. The number of ether oxygens (including phenoxy) is 1. The lowest BCUT2D eigenvalue weighted by atomic mass is 10.1. The van der Waals surface area contributed by atoms with Gasteiger partial charge in [0.05, 0.1) is 19.3 Å². The molecule has 0 atom stereocenters. The summed E-state index contributed by atoms with van der Waals surface area (Å²) in [7, 11) is 0. The van der Waals surface area contributed by atoms with Gasteiger partial charge in [0.1, 0.15) is 11.0 Å². The van der Waals surface area contributed by atoms with Gasteiger partial charge in [-0.15, -0.1) is 0 Å². The van der Waals surface area contributed by atoms with Crippen LogP contribution in [0.1, 0.15) is 12.8 Å². The summed E-state index contributed by atoms with van der Waals surface area (Å²) in [5, 5.41) is 9.06. The highest BCUT2D eigenvalue weighted by Gasteiger charge is 2.21. The van der Waals surface area contributed by atoms with Crippen molar-refractivity contribution < 1.29 is 9.84 Å². The van der Waals surface area contributed by atoms with E-state index in [2.05, 4.69) is 14.9 Å². The zero-order valence-corrected chi connectivity index (χ0v) is 10.8. The largest absolute Gasteiger partial charge is 0.394 e. The minimum atomic E-state index is 0.0677. The third-order valence-corrected chi connectivity index (χ3v) is 3.10. The van der Waals surface area contributed by atoms with E-state index in [1.165, 1.54) is 0 Å². The summed E-state index contributed by atoms with van der Waals surface area (Å²) in [5.41, 5.74) is 5.57. The van der Waals surface area contributed by atoms with Crippen LogP contribution in [-0.4, -0.2) is 47.5 Å². The molecule has 2 heterocycles. The number of nitrogen functional groups attached to an aromatic ring is 1. The number of anilines is 2. The van der Waals surface area contributed by atoms with Gasteiger partial charge in [-0.1, -0.05) is 11.6 Å². The Kier molecular flexibility index (Phi) is 4.57. The molecule has 3 N–H and O–H groups in total. The van der Waals surface area contributed by atoms with Gasteiger partial charge in [-0.25, -0.2) is 4.98 Å². The average Bonchev–Trinajstić information content (AvgIpc) is 2.36. The van der Waals surface area contributed by atoms with Crippen LogP contribution >= 0.6 is 11.6 Å². The first-order valence-electron chi connectivity index (χ1n) is 5.96. The molecular weight excluding hydrogens is 256 g/mol. The van der Waals surface area contributed by atoms with Crippen LogP contribution in [0.25, 0.3) is 0 Å². The van der Waals surface area contributed by atoms with Crippen molar-refractivity contribution >= 4 is 23.4 Å². The molecule has 18 heavy (non-hydrogen) atoms. The summed E-state index contributed by atoms with van der Waals surface area (Å²) in [6.45, 7) is 2.14. The molecule has 1 aromatic heterocycles. The molecule has 1 saturated heterocycles. The van der Waals surface area contributed by atoms with E-state index < -0.39 is 0 Å². The Labute approximate surface area is 111 Å². The molecule has 0 bridgehead atoms. The number of hydrogen-bond donors (Lipinski definition) is 2. The van der Waals surface area contributed by atoms with Gasteiger partial charge < -0.3 is 20.5 Å². The van der Waals surface area contributed by atoms with Gasteiger partial charge in [-0.05, 0) is 12.8 Å². The summed E-state index contributed by atoms with van der Waals surface area (Å²) in [6.07, 6.45) is 2.02. The molecule has 1 aromatic rings. The molecule has 2 rings (SSSR count). The van der Waals surface area contributed by atoms with Gasteiger partial charge in [0, 0.05) is 19.2 Å². The van der Waals surface area contributed by atoms with Crippen molar-refractivity contribution in [3.63, 3.8) is 0 Å². The third-order valence-electron chi connectivity index (χ3n) is 2.91. The van der Waals surface area contributed by atoms with E-state index in [1.54, 1.807) is 6.07 Å². The van der Waals surface area contributed by atoms with Gasteiger partial charge >= 0.3 is 0 Å². The number of aliphatic hydroxyl groups is 1. The maximum atomic E-state index is 8.71. The molecule has 0 aromatic carbocycles. The van der Waals surface area contributed by atoms with Crippen molar-refractivity contribution in [2.45, 2.75) is 18.9 Å². The summed E-state index contributed by atoms with van der Waals surface area (Å²) in [5.74, 6) is 0.948. The number of nitrogens with two attached hydrogens (primary N) is 1. The summed E-state index contributed by atoms with van der Waals surface area (Å²) < 4.78 is 5.50. The monoisotopic (exact) mass is 272 g/mol. The van der Waals surface area contributed by atoms with E-state index in [4.69, 9.17) is 27.2 Å². The minimum Gasteiger partial charge on any atom is -0.394 e. The Bertz CT molecular complexity index is 376. The average molecular weight is 273 g/mol. The number of aromatic nitrogens is 2. The van der Waals surface area contributed by atoms with Gasteiger partial charge in [-0.3, -0.25) is 0 Å². The smallest absolute Gasteiger partial charge is 0.223 e. The fourth-order valence-corrected chi connectivity index (χ4v) is 2.24. The summed E-state index contributed by atoms with van der Waals surface area (Å²) >= 11 is 5.86. The second kappa shape index (κ2) is 6.17. The lowest BCUT2D eigenvalue weighted by molar-refractivity contribution is 0.0158. The van der Waals surface area contributed by atoms with Crippen LogP contribution in [0.4, 0.5) is 11.8 Å². The SMILES string of the molecule is Nc1nc(Cl)cc(N2CCC(OCCO)CC2)n1. The second-order valence-corrected chi connectivity index (χ2v) is 4.58. The molecule has 0 radical (unpaired) electrons. The number of nitrogens with zero attached hydrogens (tertiary/aromatic N) is 3. The van der Waals surface area contributed by atoms with Gasteiger partial charge in [-0.2, -0.15) is 4.98 Å². The van der Waals surface area contributed by atoms with E-state index in [1.807, 2.05) is 0 Å². The van der Waals surface area contributed by atoms with Crippen molar-refractivity contribution in [1.82, 2.24) is 9.97 Å². The van der Waals surface area contributed by atoms with E-state index in [9.17, 15) is 0 Å². The quantitative estimate of drug-likeness (QED) is 0.785. The van der Waals surface area contributed by atoms with E-state index in [0.29, 0.717) is 11.8 Å². The van der Waals surface area contributed by atoms with Crippen LogP contribution in [0, 0.1) is 0 Å². The van der Waals surface area contributed by atoms with E-state index in [0.717, 1.165) is 31.7 Å². The number of piperidine rings is 1. The molecule has 0 spiro atoms. The molecule has 0 saturated carbocycles. The number of rotatable bonds is 4. The second-order valence-electron chi connectivity index (χ2n) is 4.19. The maximum Gasteiger partial charge on any atom is 0.223 e. The molecule has 6 nitrogen and oxygen atoms in total. The summed E-state index contributed by atoms with van der Waals surface area (Å²) in [4.78, 5) is 10.1. The van der Waals surface area contributed by atoms with Crippen LogP contribution in [0.5, 0.6) is 0 Å². The first kappa shape index (κ1) is 13.3. The first-order valence-corrected chi connectivity index (χ1v) is 6.34. The Hall–Kier alpha value is -1.11. The zero-order valence-electron chi connectivity index (χ0n) is 10.0. The lowest BCUT2D eigenvalue weighted by Crippen LogP contribution is -2.38. The molecule has 0 aliphatic carbocycles.